The van der Waals surface area contributed by atoms with Gasteiger partial charge in [0.15, 0.2) is 0 Å². The Morgan fingerprint density at radius 2 is 1.89 bits per heavy atom. The van der Waals surface area contributed by atoms with Crippen LogP contribution in [0.1, 0.15) is 43.1 Å². The summed E-state index contributed by atoms with van der Waals surface area (Å²) < 4.78 is 11.9. The van der Waals surface area contributed by atoms with E-state index < -0.39 is 11.7 Å². The predicted octanol–water partition coefficient (Wildman–Crippen LogP) is 2.42. The second-order valence-corrected chi connectivity index (χ2v) is 5.46. The molecule has 1 aromatic carbocycles. The summed E-state index contributed by atoms with van der Waals surface area (Å²) in [6.45, 7) is 7.29. The SMILES string of the molecule is CCC(C)(C)C1(c2ccccc2C(N)=O)OCCO1. The molecule has 1 heterocycles. The zero-order valence-corrected chi connectivity index (χ0v) is 11.7. The van der Waals surface area contributed by atoms with Gasteiger partial charge in [-0.2, -0.15) is 0 Å². The number of benzene rings is 1. The van der Waals surface area contributed by atoms with Crippen LogP contribution in [0.5, 0.6) is 0 Å². The second kappa shape index (κ2) is 4.94. The number of rotatable bonds is 4. The van der Waals surface area contributed by atoms with Crippen LogP contribution in [0.3, 0.4) is 0 Å². The minimum atomic E-state index is -0.895. The van der Waals surface area contributed by atoms with Crippen molar-refractivity contribution in [2.45, 2.75) is 33.0 Å². The Morgan fingerprint density at radius 1 is 1.32 bits per heavy atom. The highest BCUT2D eigenvalue weighted by molar-refractivity contribution is 5.94. The first-order chi connectivity index (χ1) is 8.94. The van der Waals surface area contributed by atoms with E-state index in [2.05, 4.69) is 20.8 Å². The molecule has 1 aromatic rings. The number of hydrogen-bond acceptors (Lipinski definition) is 3. The number of hydrogen-bond donors (Lipinski definition) is 1. The van der Waals surface area contributed by atoms with Crippen molar-refractivity contribution in [3.8, 4) is 0 Å². The van der Waals surface area contributed by atoms with E-state index in [1.165, 1.54) is 0 Å². The van der Waals surface area contributed by atoms with Crippen molar-refractivity contribution in [3.63, 3.8) is 0 Å². The molecule has 1 aliphatic heterocycles. The van der Waals surface area contributed by atoms with Gasteiger partial charge >= 0.3 is 0 Å². The summed E-state index contributed by atoms with van der Waals surface area (Å²) in [6.07, 6.45) is 0.861. The molecule has 2 rings (SSSR count). The van der Waals surface area contributed by atoms with Crippen LogP contribution in [0, 0.1) is 5.41 Å². The standard InChI is InChI=1S/C15H21NO3/c1-4-14(2,3)15(18-9-10-19-15)12-8-6-5-7-11(12)13(16)17/h5-8H,4,9-10H2,1-3H3,(H2,16,17). The molecule has 0 aromatic heterocycles. The van der Waals surface area contributed by atoms with Crippen LogP contribution >= 0.6 is 0 Å². The van der Waals surface area contributed by atoms with Crippen molar-refractivity contribution in [3.05, 3.63) is 35.4 Å². The van der Waals surface area contributed by atoms with Crippen LogP contribution in [-0.4, -0.2) is 19.1 Å². The first-order valence-electron chi connectivity index (χ1n) is 6.62. The smallest absolute Gasteiger partial charge is 0.249 e. The molecule has 0 bridgehead atoms. The molecule has 4 heteroatoms. The molecule has 0 saturated carbocycles. The summed E-state index contributed by atoms with van der Waals surface area (Å²) in [5.41, 5.74) is 6.41. The largest absolute Gasteiger partial charge is 0.366 e. The molecule has 0 unspecified atom stereocenters. The third-order valence-corrected chi connectivity index (χ3v) is 4.02. The molecule has 1 amide bonds. The number of amides is 1. The topological polar surface area (TPSA) is 61.6 Å². The maximum Gasteiger partial charge on any atom is 0.249 e. The Kier molecular flexibility index (Phi) is 3.65. The lowest BCUT2D eigenvalue weighted by molar-refractivity contribution is -0.239. The monoisotopic (exact) mass is 263 g/mol. The lowest BCUT2D eigenvalue weighted by Crippen LogP contribution is -2.44. The predicted molar refractivity (Wildman–Crippen MR) is 72.6 cm³/mol. The van der Waals surface area contributed by atoms with Gasteiger partial charge in [0.05, 0.1) is 13.2 Å². The molecule has 4 nitrogen and oxygen atoms in total. The molecular weight excluding hydrogens is 242 g/mol. The minimum absolute atomic E-state index is 0.255. The molecule has 0 spiro atoms. The van der Waals surface area contributed by atoms with Gasteiger partial charge in [-0.15, -0.1) is 0 Å². The van der Waals surface area contributed by atoms with E-state index >= 15 is 0 Å². The lowest BCUT2D eigenvalue weighted by Gasteiger charge is -2.42. The molecule has 0 radical (unpaired) electrons. The van der Waals surface area contributed by atoms with Crippen LogP contribution in [0.25, 0.3) is 0 Å². The molecule has 2 N–H and O–H groups in total. The lowest BCUT2D eigenvalue weighted by atomic mass is 9.75. The third-order valence-electron chi connectivity index (χ3n) is 4.02. The summed E-state index contributed by atoms with van der Waals surface area (Å²) in [4.78, 5) is 11.6. The van der Waals surface area contributed by atoms with Crippen molar-refractivity contribution in [2.24, 2.45) is 11.1 Å². The first-order valence-corrected chi connectivity index (χ1v) is 6.62. The van der Waals surface area contributed by atoms with Gasteiger partial charge in [-0.1, -0.05) is 39.0 Å². The van der Waals surface area contributed by atoms with Crippen LogP contribution in [0.2, 0.25) is 0 Å². The summed E-state index contributed by atoms with van der Waals surface area (Å²) >= 11 is 0. The summed E-state index contributed by atoms with van der Waals surface area (Å²) in [5.74, 6) is -1.35. The normalized spacial score (nSPS) is 18.5. The van der Waals surface area contributed by atoms with Crippen molar-refractivity contribution >= 4 is 5.91 Å². The summed E-state index contributed by atoms with van der Waals surface area (Å²) in [7, 11) is 0. The maximum absolute atomic E-state index is 11.6. The molecule has 0 atom stereocenters. The van der Waals surface area contributed by atoms with Crippen molar-refractivity contribution in [1.82, 2.24) is 0 Å². The van der Waals surface area contributed by atoms with E-state index in [0.717, 1.165) is 12.0 Å². The molecule has 1 saturated heterocycles. The van der Waals surface area contributed by atoms with E-state index in [0.29, 0.717) is 18.8 Å². The van der Waals surface area contributed by atoms with Crippen LogP contribution in [0.15, 0.2) is 24.3 Å². The van der Waals surface area contributed by atoms with Gasteiger partial charge in [0.2, 0.25) is 11.7 Å². The van der Waals surface area contributed by atoms with Gasteiger partial charge < -0.3 is 15.2 Å². The van der Waals surface area contributed by atoms with Gasteiger partial charge in [-0.25, -0.2) is 0 Å². The molecule has 1 aliphatic rings. The number of ether oxygens (including phenoxy) is 2. The molecule has 1 fully saturated rings. The van der Waals surface area contributed by atoms with E-state index in [9.17, 15) is 4.79 Å². The maximum atomic E-state index is 11.6. The fraction of sp³-hybridized carbons (Fsp3) is 0.533. The third kappa shape index (κ3) is 2.15. The first kappa shape index (κ1) is 14.0. The Morgan fingerprint density at radius 3 is 2.42 bits per heavy atom. The van der Waals surface area contributed by atoms with Gasteiger partial charge in [0, 0.05) is 16.5 Å². The van der Waals surface area contributed by atoms with Gasteiger partial charge in [-0.05, 0) is 12.5 Å². The summed E-state index contributed by atoms with van der Waals surface area (Å²) in [5, 5.41) is 0. The second-order valence-electron chi connectivity index (χ2n) is 5.46. The highest BCUT2D eigenvalue weighted by Crippen LogP contribution is 2.49. The van der Waals surface area contributed by atoms with E-state index in [4.69, 9.17) is 15.2 Å². The average Bonchev–Trinajstić information content (AvgIpc) is 2.89. The van der Waals surface area contributed by atoms with Crippen LogP contribution < -0.4 is 5.73 Å². The average molecular weight is 263 g/mol. The van der Waals surface area contributed by atoms with Gasteiger partial charge in [0.1, 0.15) is 0 Å². The number of carbonyl (C=O) groups excluding carboxylic acids is 1. The fourth-order valence-corrected chi connectivity index (χ4v) is 2.54. The Hall–Kier alpha value is -1.39. The number of primary amides is 1. The molecule has 104 valence electrons. The highest BCUT2D eigenvalue weighted by Gasteiger charge is 2.51. The molecule has 19 heavy (non-hydrogen) atoms. The zero-order valence-electron chi connectivity index (χ0n) is 11.7. The molecular formula is C15H21NO3. The van der Waals surface area contributed by atoms with E-state index in [1.54, 1.807) is 12.1 Å². The fourth-order valence-electron chi connectivity index (χ4n) is 2.54. The Balaban J connectivity index is 2.61. The van der Waals surface area contributed by atoms with E-state index in [1.807, 2.05) is 12.1 Å². The minimum Gasteiger partial charge on any atom is -0.366 e. The quantitative estimate of drug-likeness (QED) is 0.907. The van der Waals surface area contributed by atoms with Crippen LogP contribution in [-0.2, 0) is 15.3 Å². The molecule has 0 aliphatic carbocycles. The van der Waals surface area contributed by atoms with Crippen LogP contribution in [0.4, 0.5) is 0 Å². The summed E-state index contributed by atoms with van der Waals surface area (Å²) in [6, 6.07) is 7.25. The van der Waals surface area contributed by atoms with Crippen molar-refractivity contribution in [1.29, 1.82) is 0 Å². The Labute approximate surface area is 113 Å². The number of carbonyl (C=O) groups is 1. The van der Waals surface area contributed by atoms with Crippen molar-refractivity contribution < 1.29 is 14.3 Å². The highest BCUT2D eigenvalue weighted by atomic mass is 16.7. The van der Waals surface area contributed by atoms with Crippen molar-refractivity contribution in [2.75, 3.05) is 13.2 Å². The van der Waals surface area contributed by atoms with Gasteiger partial charge in [-0.3, -0.25) is 4.79 Å². The number of nitrogens with two attached hydrogens (primary N) is 1. The Bertz CT molecular complexity index is 476. The zero-order chi connectivity index (χ0) is 14.1. The van der Waals surface area contributed by atoms with E-state index in [-0.39, 0.29) is 5.41 Å². The van der Waals surface area contributed by atoms with Gasteiger partial charge in [0.25, 0.3) is 0 Å².